The van der Waals surface area contributed by atoms with Crippen LogP contribution in [-0.2, 0) is 0 Å². The predicted molar refractivity (Wildman–Crippen MR) is 50.7 cm³/mol. The lowest BCUT2D eigenvalue weighted by molar-refractivity contribution is 0.576. The van der Waals surface area contributed by atoms with Crippen molar-refractivity contribution in [2.24, 2.45) is 0 Å². The summed E-state index contributed by atoms with van der Waals surface area (Å²) in [6.07, 6.45) is 4.55. The zero-order valence-corrected chi connectivity index (χ0v) is 7.54. The van der Waals surface area contributed by atoms with Crippen molar-refractivity contribution in [2.75, 3.05) is 12.8 Å². The first-order valence-corrected chi connectivity index (χ1v) is 4.16. The molecule has 0 aliphatic carbocycles. The molecule has 1 rings (SSSR count). The number of hydrogen-bond acceptors (Lipinski definition) is 3. The Labute approximate surface area is 73.0 Å². The fraction of sp³-hybridized carbons (Fsp3) is 0.444. The molecule has 0 fully saturated rings. The number of nitrogens with zero attached hydrogens (tertiary/aromatic N) is 1. The molecule has 0 amide bonds. The quantitative estimate of drug-likeness (QED) is 0.710. The summed E-state index contributed by atoms with van der Waals surface area (Å²) in [5, 5.41) is 3.19. The number of aromatic nitrogens is 1. The molecule has 1 unspecified atom stereocenters. The molecule has 0 radical (unpaired) electrons. The van der Waals surface area contributed by atoms with Gasteiger partial charge in [-0.15, -0.1) is 0 Å². The molecule has 3 nitrogen and oxygen atoms in total. The summed E-state index contributed by atoms with van der Waals surface area (Å²) >= 11 is 0. The average Bonchev–Trinajstić information content (AvgIpc) is 2.10. The normalized spacial score (nSPS) is 12.8. The van der Waals surface area contributed by atoms with Crippen LogP contribution in [0.15, 0.2) is 18.5 Å². The lowest BCUT2D eigenvalue weighted by Gasteiger charge is -2.15. The van der Waals surface area contributed by atoms with E-state index < -0.39 is 0 Å². The number of rotatable bonds is 3. The number of pyridine rings is 1. The van der Waals surface area contributed by atoms with Gasteiger partial charge in [-0.3, -0.25) is 4.98 Å². The smallest absolute Gasteiger partial charge is 0.0393 e. The SMILES string of the molecule is CCC(NC)c1cnccc1N. The Kier molecular flexibility index (Phi) is 3.05. The molecule has 1 atom stereocenters. The molecule has 0 saturated carbocycles. The van der Waals surface area contributed by atoms with Gasteiger partial charge in [-0.1, -0.05) is 6.92 Å². The van der Waals surface area contributed by atoms with Gasteiger partial charge in [0.15, 0.2) is 0 Å². The monoisotopic (exact) mass is 165 g/mol. The Hall–Kier alpha value is -1.09. The van der Waals surface area contributed by atoms with Gasteiger partial charge in [0.25, 0.3) is 0 Å². The van der Waals surface area contributed by atoms with Crippen molar-refractivity contribution in [3.63, 3.8) is 0 Å². The van der Waals surface area contributed by atoms with Gasteiger partial charge >= 0.3 is 0 Å². The van der Waals surface area contributed by atoms with E-state index in [-0.39, 0.29) is 0 Å². The van der Waals surface area contributed by atoms with Gasteiger partial charge in [0.2, 0.25) is 0 Å². The van der Waals surface area contributed by atoms with Crippen LogP contribution in [0.5, 0.6) is 0 Å². The van der Waals surface area contributed by atoms with Gasteiger partial charge in [-0.05, 0) is 19.5 Å². The first-order valence-electron chi connectivity index (χ1n) is 4.16. The van der Waals surface area contributed by atoms with E-state index in [0.29, 0.717) is 6.04 Å². The number of nitrogens with one attached hydrogen (secondary N) is 1. The molecule has 1 heterocycles. The number of anilines is 1. The molecule has 0 spiro atoms. The Morgan fingerprint density at radius 3 is 2.92 bits per heavy atom. The van der Waals surface area contributed by atoms with E-state index in [4.69, 9.17) is 5.73 Å². The summed E-state index contributed by atoms with van der Waals surface area (Å²) in [5.74, 6) is 0. The fourth-order valence-electron chi connectivity index (χ4n) is 1.29. The largest absolute Gasteiger partial charge is 0.398 e. The third-order valence-electron chi connectivity index (χ3n) is 2.02. The van der Waals surface area contributed by atoms with Gasteiger partial charge in [-0.2, -0.15) is 0 Å². The second-order valence-electron chi connectivity index (χ2n) is 2.75. The van der Waals surface area contributed by atoms with E-state index in [1.807, 2.05) is 19.3 Å². The third-order valence-corrected chi connectivity index (χ3v) is 2.02. The van der Waals surface area contributed by atoms with Crippen LogP contribution in [0.1, 0.15) is 24.9 Å². The molecule has 0 saturated heterocycles. The molecule has 0 aliphatic heterocycles. The zero-order chi connectivity index (χ0) is 8.97. The van der Waals surface area contributed by atoms with Crippen molar-refractivity contribution in [2.45, 2.75) is 19.4 Å². The number of nitrogen functional groups attached to an aromatic ring is 1. The summed E-state index contributed by atoms with van der Waals surface area (Å²) in [6.45, 7) is 2.12. The van der Waals surface area contributed by atoms with Gasteiger partial charge in [0.05, 0.1) is 0 Å². The van der Waals surface area contributed by atoms with Crippen molar-refractivity contribution in [3.05, 3.63) is 24.0 Å². The zero-order valence-electron chi connectivity index (χ0n) is 7.54. The molecule has 1 aromatic rings. The van der Waals surface area contributed by atoms with Crippen molar-refractivity contribution in [3.8, 4) is 0 Å². The van der Waals surface area contributed by atoms with Crippen molar-refractivity contribution in [1.82, 2.24) is 10.3 Å². The van der Waals surface area contributed by atoms with Crippen LogP contribution >= 0.6 is 0 Å². The maximum atomic E-state index is 5.79. The summed E-state index contributed by atoms with van der Waals surface area (Å²) in [7, 11) is 1.93. The highest BCUT2D eigenvalue weighted by atomic mass is 14.9. The molecule has 3 N–H and O–H groups in total. The molecule has 12 heavy (non-hydrogen) atoms. The van der Waals surface area contributed by atoms with Gasteiger partial charge in [-0.25, -0.2) is 0 Å². The molecule has 0 aliphatic rings. The van der Waals surface area contributed by atoms with Crippen LogP contribution in [-0.4, -0.2) is 12.0 Å². The maximum Gasteiger partial charge on any atom is 0.0393 e. The van der Waals surface area contributed by atoms with E-state index in [9.17, 15) is 0 Å². The van der Waals surface area contributed by atoms with E-state index in [1.54, 1.807) is 6.20 Å². The fourth-order valence-corrected chi connectivity index (χ4v) is 1.29. The van der Waals surface area contributed by atoms with E-state index in [0.717, 1.165) is 17.7 Å². The van der Waals surface area contributed by atoms with Gasteiger partial charge in [0, 0.05) is 29.7 Å². The first-order chi connectivity index (χ1) is 5.79. The highest BCUT2D eigenvalue weighted by Gasteiger charge is 2.08. The highest BCUT2D eigenvalue weighted by molar-refractivity contribution is 5.46. The minimum Gasteiger partial charge on any atom is -0.398 e. The van der Waals surface area contributed by atoms with E-state index in [2.05, 4.69) is 17.2 Å². The van der Waals surface area contributed by atoms with Crippen molar-refractivity contribution >= 4 is 5.69 Å². The summed E-state index contributed by atoms with van der Waals surface area (Å²) in [4.78, 5) is 4.04. The second-order valence-corrected chi connectivity index (χ2v) is 2.75. The standard InChI is InChI=1S/C9H15N3/c1-3-9(11-2)7-6-12-5-4-8(7)10/h4-6,9,11H,3H2,1-2H3,(H2,10,12). The lowest BCUT2D eigenvalue weighted by Crippen LogP contribution is -2.16. The minimum atomic E-state index is 0.318. The molecule has 0 bridgehead atoms. The molecule has 3 heteroatoms. The number of nitrogens with two attached hydrogens (primary N) is 1. The molecular formula is C9H15N3. The average molecular weight is 165 g/mol. The summed E-state index contributed by atoms with van der Waals surface area (Å²) in [5.41, 5.74) is 7.69. The molecule has 1 aromatic heterocycles. The second kappa shape index (κ2) is 4.07. The van der Waals surface area contributed by atoms with E-state index in [1.165, 1.54) is 0 Å². The van der Waals surface area contributed by atoms with Crippen LogP contribution < -0.4 is 11.1 Å². The number of hydrogen-bond donors (Lipinski definition) is 2. The summed E-state index contributed by atoms with van der Waals surface area (Å²) < 4.78 is 0. The Morgan fingerprint density at radius 2 is 2.42 bits per heavy atom. The van der Waals surface area contributed by atoms with Gasteiger partial charge < -0.3 is 11.1 Å². The molecule has 0 aromatic carbocycles. The van der Waals surface area contributed by atoms with Crippen molar-refractivity contribution in [1.29, 1.82) is 0 Å². The molecule has 66 valence electrons. The first kappa shape index (κ1) is 9.00. The van der Waals surface area contributed by atoms with Crippen molar-refractivity contribution < 1.29 is 0 Å². The minimum absolute atomic E-state index is 0.318. The Morgan fingerprint density at radius 1 is 1.67 bits per heavy atom. The highest BCUT2D eigenvalue weighted by Crippen LogP contribution is 2.20. The molecular weight excluding hydrogens is 150 g/mol. The van der Waals surface area contributed by atoms with Crippen LogP contribution in [0.3, 0.4) is 0 Å². The maximum absolute atomic E-state index is 5.79. The van der Waals surface area contributed by atoms with Crippen LogP contribution in [0.25, 0.3) is 0 Å². The topological polar surface area (TPSA) is 50.9 Å². The summed E-state index contributed by atoms with van der Waals surface area (Å²) in [6, 6.07) is 2.15. The van der Waals surface area contributed by atoms with E-state index >= 15 is 0 Å². The predicted octanol–water partition coefficient (Wildman–Crippen LogP) is 1.33. The lowest BCUT2D eigenvalue weighted by atomic mass is 10.1. The van der Waals surface area contributed by atoms with Gasteiger partial charge in [0.1, 0.15) is 0 Å². The van der Waals surface area contributed by atoms with Crippen LogP contribution in [0.4, 0.5) is 5.69 Å². The third kappa shape index (κ3) is 1.74. The Bertz CT molecular complexity index is 243. The Balaban J connectivity index is 2.92. The van der Waals surface area contributed by atoms with Crippen LogP contribution in [0, 0.1) is 0 Å². The van der Waals surface area contributed by atoms with Crippen LogP contribution in [0.2, 0.25) is 0 Å².